The number of aryl methyl sites for hydroxylation is 1. The first-order valence-electron chi connectivity index (χ1n) is 3.61. The summed E-state index contributed by atoms with van der Waals surface area (Å²) in [4.78, 5) is 15.0. The van der Waals surface area contributed by atoms with Crippen molar-refractivity contribution in [1.82, 2.24) is 4.98 Å². The van der Waals surface area contributed by atoms with E-state index in [4.69, 9.17) is 0 Å². The van der Waals surface area contributed by atoms with E-state index in [1.54, 1.807) is 6.20 Å². The van der Waals surface area contributed by atoms with Gasteiger partial charge in [0.15, 0.2) is 0 Å². The minimum atomic E-state index is -0.0801. The fourth-order valence-electron chi connectivity index (χ4n) is 0.821. The third-order valence-electron chi connectivity index (χ3n) is 1.42. The summed E-state index contributed by atoms with van der Waals surface area (Å²) >= 11 is 6.34. The zero-order chi connectivity index (χ0) is 9.84. The largest absolute Gasteiger partial charge is 0.324 e. The Balaban J connectivity index is 2.79. The monoisotopic (exact) mass is 306 g/mol. The summed E-state index contributed by atoms with van der Waals surface area (Å²) in [7, 11) is 0. The molecule has 0 saturated heterocycles. The van der Waals surface area contributed by atoms with Crippen LogP contribution in [0.25, 0.3) is 0 Å². The van der Waals surface area contributed by atoms with Crippen LogP contribution in [-0.4, -0.2) is 16.2 Å². The van der Waals surface area contributed by atoms with Crippen LogP contribution in [0, 0.1) is 6.92 Å². The fraction of sp³-hybridized carbons (Fsp3) is 0.250. The molecule has 0 aliphatic heterocycles. The van der Waals surface area contributed by atoms with Crippen molar-refractivity contribution in [2.24, 2.45) is 0 Å². The number of hydrogen-bond acceptors (Lipinski definition) is 2. The number of anilines is 1. The molecule has 0 aliphatic carbocycles. The molecular formula is C8H8Br2N2O. The number of hydrogen-bond donors (Lipinski definition) is 1. The van der Waals surface area contributed by atoms with Crippen LogP contribution in [0.5, 0.6) is 0 Å². The van der Waals surface area contributed by atoms with Crippen molar-refractivity contribution in [1.29, 1.82) is 0 Å². The smallest absolute Gasteiger partial charge is 0.235 e. The van der Waals surface area contributed by atoms with E-state index in [0.717, 1.165) is 10.2 Å². The summed E-state index contributed by atoms with van der Waals surface area (Å²) in [6, 6.07) is 1.86. The average Bonchev–Trinajstić information content (AvgIpc) is 2.11. The highest BCUT2D eigenvalue weighted by Gasteiger charge is 2.01. The first-order chi connectivity index (χ1) is 6.13. The number of alkyl halides is 1. The van der Waals surface area contributed by atoms with Gasteiger partial charge in [0.05, 0.1) is 17.2 Å². The maximum atomic E-state index is 11.0. The Kier molecular flexibility index (Phi) is 3.87. The summed E-state index contributed by atoms with van der Waals surface area (Å²) in [6.45, 7) is 1.92. The normalized spacial score (nSPS) is 9.77. The number of aromatic nitrogens is 1. The van der Waals surface area contributed by atoms with Crippen LogP contribution in [0.1, 0.15) is 5.56 Å². The molecule has 13 heavy (non-hydrogen) atoms. The quantitative estimate of drug-likeness (QED) is 0.674. The number of pyridine rings is 1. The molecule has 0 radical (unpaired) electrons. The number of carbonyl (C=O) groups is 1. The van der Waals surface area contributed by atoms with Crippen LogP contribution in [0.3, 0.4) is 0 Å². The molecule has 1 amide bonds. The number of halogens is 2. The third kappa shape index (κ3) is 3.08. The minimum absolute atomic E-state index is 0.0801. The molecule has 5 heteroatoms. The van der Waals surface area contributed by atoms with E-state index < -0.39 is 0 Å². The Hall–Kier alpha value is -0.420. The summed E-state index contributed by atoms with van der Waals surface area (Å²) in [5.74, 6) is -0.0801. The number of rotatable bonds is 2. The van der Waals surface area contributed by atoms with Crippen LogP contribution in [-0.2, 0) is 4.79 Å². The minimum Gasteiger partial charge on any atom is -0.324 e. The van der Waals surface area contributed by atoms with E-state index in [1.165, 1.54) is 0 Å². The molecule has 0 aliphatic rings. The van der Waals surface area contributed by atoms with Crippen LogP contribution in [0.4, 0.5) is 5.69 Å². The van der Waals surface area contributed by atoms with Crippen molar-refractivity contribution >= 4 is 43.5 Å². The van der Waals surface area contributed by atoms with Gasteiger partial charge in [-0.25, -0.2) is 4.98 Å². The number of carbonyl (C=O) groups excluding carboxylic acids is 1. The second-order valence-electron chi connectivity index (χ2n) is 2.51. The van der Waals surface area contributed by atoms with Crippen molar-refractivity contribution < 1.29 is 4.79 Å². The van der Waals surface area contributed by atoms with E-state index in [-0.39, 0.29) is 5.91 Å². The molecule has 0 aromatic carbocycles. The van der Waals surface area contributed by atoms with Crippen molar-refractivity contribution in [2.75, 3.05) is 10.6 Å². The topological polar surface area (TPSA) is 42.0 Å². The second-order valence-corrected chi connectivity index (χ2v) is 3.83. The summed E-state index contributed by atoms with van der Waals surface area (Å²) in [5.41, 5.74) is 1.71. The molecule has 0 bridgehead atoms. The molecule has 0 saturated carbocycles. The van der Waals surface area contributed by atoms with E-state index in [2.05, 4.69) is 42.2 Å². The molecule has 70 valence electrons. The molecule has 3 nitrogen and oxygen atoms in total. The summed E-state index contributed by atoms with van der Waals surface area (Å²) < 4.78 is 0.796. The molecule has 0 fully saturated rings. The Morgan fingerprint density at radius 2 is 2.38 bits per heavy atom. The Morgan fingerprint density at radius 1 is 1.69 bits per heavy atom. The first kappa shape index (κ1) is 10.7. The zero-order valence-electron chi connectivity index (χ0n) is 6.97. The van der Waals surface area contributed by atoms with Crippen molar-refractivity contribution in [3.63, 3.8) is 0 Å². The van der Waals surface area contributed by atoms with E-state index in [0.29, 0.717) is 11.0 Å². The number of amides is 1. The molecule has 0 atom stereocenters. The van der Waals surface area contributed by atoms with Crippen molar-refractivity contribution in [2.45, 2.75) is 6.92 Å². The summed E-state index contributed by atoms with van der Waals surface area (Å²) in [6.07, 6.45) is 1.61. The molecular weight excluding hydrogens is 300 g/mol. The van der Waals surface area contributed by atoms with Gasteiger partial charge in [-0.1, -0.05) is 15.9 Å². The van der Waals surface area contributed by atoms with E-state index in [1.807, 2.05) is 13.0 Å². The standard InChI is InChI=1S/C8H8Br2N2O/c1-5-2-6(4-11-8(5)10)12-7(13)3-9/h2,4H,3H2,1H3,(H,12,13). The SMILES string of the molecule is Cc1cc(NC(=O)CBr)cnc1Br. The van der Waals surface area contributed by atoms with Crippen molar-refractivity contribution in [3.05, 3.63) is 22.4 Å². The highest BCUT2D eigenvalue weighted by atomic mass is 79.9. The molecule has 0 spiro atoms. The highest BCUT2D eigenvalue weighted by Crippen LogP contribution is 2.16. The molecule has 1 rings (SSSR count). The van der Waals surface area contributed by atoms with Gasteiger partial charge >= 0.3 is 0 Å². The number of nitrogens with one attached hydrogen (secondary N) is 1. The Morgan fingerprint density at radius 3 is 2.92 bits per heavy atom. The molecule has 0 unspecified atom stereocenters. The van der Waals surface area contributed by atoms with E-state index in [9.17, 15) is 4.79 Å². The van der Waals surface area contributed by atoms with Gasteiger partial charge in [-0.15, -0.1) is 0 Å². The molecule has 1 aromatic heterocycles. The fourth-order valence-corrected chi connectivity index (χ4v) is 1.18. The molecule has 1 aromatic rings. The van der Waals surface area contributed by atoms with Crippen LogP contribution in [0.2, 0.25) is 0 Å². The maximum Gasteiger partial charge on any atom is 0.235 e. The summed E-state index contributed by atoms with van der Waals surface area (Å²) in [5, 5.41) is 2.98. The second kappa shape index (κ2) is 4.72. The van der Waals surface area contributed by atoms with Gasteiger partial charge in [0.25, 0.3) is 0 Å². The van der Waals surface area contributed by atoms with Crippen molar-refractivity contribution in [3.8, 4) is 0 Å². The highest BCUT2D eigenvalue weighted by molar-refractivity contribution is 9.10. The van der Waals surface area contributed by atoms with Gasteiger partial charge < -0.3 is 5.32 Å². The van der Waals surface area contributed by atoms with Crippen LogP contribution < -0.4 is 5.32 Å². The lowest BCUT2D eigenvalue weighted by molar-refractivity contribution is -0.113. The van der Waals surface area contributed by atoms with Gasteiger partial charge in [-0.05, 0) is 34.5 Å². The Bertz CT molecular complexity index is 328. The number of nitrogens with zero attached hydrogens (tertiary/aromatic N) is 1. The predicted molar refractivity (Wildman–Crippen MR) is 59.1 cm³/mol. The van der Waals surface area contributed by atoms with Gasteiger partial charge in [0.1, 0.15) is 4.60 Å². The van der Waals surface area contributed by atoms with Crippen LogP contribution in [0.15, 0.2) is 16.9 Å². The molecule has 1 N–H and O–H groups in total. The lowest BCUT2D eigenvalue weighted by Gasteiger charge is -2.03. The lowest BCUT2D eigenvalue weighted by Crippen LogP contribution is -2.12. The van der Waals surface area contributed by atoms with Gasteiger partial charge in [-0.3, -0.25) is 4.79 Å². The van der Waals surface area contributed by atoms with Gasteiger partial charge in [0, 0.05) is 0 Å². The predicted octanol–water partition coefficient (Wildman–Crippen LogP) is 2.49. The van der Waals surface area contributed by atoms with Crippen LogP contribution >= 0.6 is 31.9 Å². The Labute approximate surface area is 93.2 Å². The average molecular weight is 308 g/mol. The maximum absolute atomic E-state index is 11.0. The van der Waals surface area contributed by atoms with Gasteiger partial charge in [0.2, 0.25) is 5.91 Å². The third-order valence-corrected chi connectivity index (χ3v) is 2.76. The lowest BCUT2D eigenvalue weighted by atomic mass is 10.3. The molecule has 1 heterocycles. The van der Waals surface area contributed by atoms with E-state index >= 15 is 0 Å². The zero-order valence-corrected chi connectivity index (χ0v) is 10.1. The van der Waals surface area contributed by atoms with Gasteiger partial charge in [-0.2, -0.15) is 0 Å². The first-order valence-corrected chi connectivity index (χ1v) is 5.53.